The Balaban J connectivity index is 1.68. The fraction of sp³-hybridized carbons (Fsp3) is 0.611. The van der Waals surface area contributed by atoms with E-state index in [1.807, 2.05) is 19.0 Å². The molecule has 25 heavy (non-hydrogen) atoms. The molecule has 0 spiro atoms. The summed E-state index contributed by atoms with van der Waals surface area (Å²) in [5.41, 5.74) is 2.80. The maximum Gasteiger partial charge on any atom is 0.324 e. The minimum absolute atomic E-state index is 0.591. The number of aromatic amines is 1. The largest absolute Gasteiger partial charge is 0.480 e. The van der Waals surface area contributed by atoms with E-state index < -0.39 is 11.5 Å². The average molecular weight is 343 g/mol. The number of piperidine rings is 1. The van der Waals surface area contributed by atoms with E-state index in [-0.39, 0.29) is 0 Å². The third kappa shape index (κ3) is 2.49. The maximum absolute atomic E-state index is 11.8. The monoisotopic (exact) mass is 343 g/mol. The molecule has 3 heterocycles. The summed E-state index contributed by atoms with van der Waals surface area (Å²) < 4.78 is 0. The summed E-state index contributed by atoms with van der Waals surface area (Å²) in [4.78, 5) is 28.4. The number of nitrogens with one attached hydrogen (secondary N) is 1. The quantitative estimate of drug-likeness (QED) is 0.884. The van der Waals surface area contributed by atoms with Crippen LogP contribution in [0.1, 0.15) is 36.9 Å². The smallest absolute Gasteiger partial charge is 0.324 e. The number of fused-ring (bicyclic) bond motifs is 3. The number of anilines is 1. The number of nitrogens with zero attached hydrogens (tertiary/aromatic N) is 4. The van der Waals surface area contributed by atoms with E-state index in [1.54, 1.807) is 6.33 Å². The van der Waals surface area contributed by atoms with Gasteiger partial charge in [-0.2, -0.15) is 0 Å². The number of carboxylic acid groups (broad SMARTS) is 1. The summed E-state index contributed by atoms with van der Waals surface area (Å²) >= 11 is 0. The molecule has 1 fully saturated rings. The van der Waals surface area contributed by atoms with Gasteiger partial charge in [0.15, 0.2) is 0 Å². The number of aromatic nitrogens is 3. The number of carboxylic acids is 1. The van der Waals surface area contributed by atoms with Crippen molar-refractivity contribution in [3.05, 3.63) is 17.6 Å². The van der Waals surface area contributed by atoms with Crippen LogP contribution in [0.2, 0.25) is 0 Å². The lowest BCUT2D eigenvalue weighted by Gasteiger charge is -2.43. The Morgan fingerprint density at radius 2 is 1.96 bits per heavy atom. The lowest BCUT2D eigenvalue weighted by molar-refractivity contribution is -0.151. The van der Waals surface area contributed by atoms with Gasteiger partial charge in [0, 0.05) is 18.8 Å². The second-order valence-corrected chi connectivity index (χ2v) is 7.43. The van der Waals surface area contributed by atoms with Gasteiger partial charge < -0.3 is 15.0 Å². The molecule has 2 aliphatic rings. The first-order valence-corrected chi connectivity index (χ1v) is 9.03. The fourth-order valence-electron chi connectivity index (χ4n) is 4.39. The highest BCUT2D eigenvalue weighted by molar-refractivity contribution is 5.92. The number of carbonyl (C=O) groups is 1. The molecule has 1 saturated heterocycles. The number of likely N-dealkylation sites (N-methyl/N-ethyl adjacent to an activating group) is 1. The first-order chi connectivity index (χ1) is 12.0. The number of H-pyrrole nitrogens is 1. The Labute approximate surface area is 147 Å². The number of rotatable bonds is 3. The van der Waals surface area contributed by atoms with E-state index in [2.05, 4.69) is 19.9 Å². The molecule has 0 unspecified atom stereocenters. The lowest BCUT2D eigenvalue weighted by atomic mass is 9.86. The van der Waals surface area contributed by atoms with E-state index in [0.717, 1.165) is 29.7 Å². The minimum Gasteiger partial charge on any atom is -0.480 e. The van der Waals surface area contributed by atoms with E-state index in [9.17, 15) is 9.90 Å². The van der Waals surface area contributed by atoms with Crippen LogP contribution in [-0.2, 0) is 17.6 Å². The molecule has 0 bridgehead atoms. The Bertz CT molecular complexity index is 805. The van der Waals surface area contributed by atoms with Crippen molar-refractivity contribution in [1.82, 2.24) is 19.9 Å². The fourth-order valence-corrected chi connectivity index (χ4v) is 4.39. The van der Waals surface area contributed by atoms with E-state index >= 15 is 0 Å². The summed E-state index contributed by atoms with van der Waals surface area (Å²) in [7, 11) is 3.71. The number of aryl methyl sites for hydroxylation is 2. The number of hydrogen-bond acceptors (Lipinski definition) is 5. The number of aliphatic carboxylic acids is 1. The van der Waals surface area contributed by atoms with Crippen LogP contribution in [-0.4, -0.2) is 63.7 Å². The summed E-state index contributed by atoms with van der Waals surface area (Å²) in [6.07, 6.45) is 7.37. The predicted octanol–water partition coefficient (Wildman–Crippen LogP) is 1.82. The molecule has 0 atom stereocenters. The van der Waals surface area contributed by atoms with Crippen molar-refractivity contribution in [2.24, 2.45) is 0 Å². The third-order valence-electron chi connectivity index (χ3n) is 6.01. The predicted molar refractivity (Wildman–Crippen MR) is 96.0 cm³/mol. The van der Waals surface area contributed by atoms with Gasteiger partial charge in [-0.25, -0.2) is 9.97 Å². The summed E-state index contributed by atoms with van der Waals surface area (Å²) in [5, 5.41) is 10.9. The van der Waals surface area contributed by atoms with Crippen molar-refractivity contribution < 1.29 is 9.90 Å². The SMILES string of the molecule is CN(C)C1(C(=O)O)CCN(c2ncnc3[nH]c4c(c23)CCCC4)CC1. The van der Waals surface area contributed by atoms with Crippen LogP contribution < -0.4 is 4.90 Å². The molecule has 1 aliphatic carbocycles. The minimum atomic E-state index is -0.778. The van der Waals surface area contributed by atoms with Crippen LogP contribution in [0.25, 0.3) is 11.0 Å². The Kier molecular flexibility index (Phi) is 3.91. The average Bonchev–Trinajstić information content (AvgIpc) is 3.00. The standard InChI is InChI=1S/C18H25N5O2/c1-22(2)18(17(24)25)7-9-23(10-8-18)16-14-12-5-3-4-6-13(12)21-15(14)19-11-20-16/h11H,3-10H2,1-2H3,(H,24,25)(H,19,20,21). The van der Waals surface area contributed by atoms with Crippen molar-refractivity contribution in [1.29, 1.82) is 0 Å². The molecule has 7 nitrogen and oxygen atoms in total. The van der Waals surface area contributed by atoms with Gasteiger partial charge in [-0.3, -0.25) is 9.69 Å². The second-order valence-electron chi connectivity index (χ2n) is 7.43. The molecule has 2 N–H and O–H groups in total. The van der Waals surface area contributed by atoms with Gasteiger partial charge in [-0.05, 0) is 58.2 Å². The first-order valence-electron chi connectivity index (χ1n) is 9.03. The van der Waals surface area contributed by atoms with E-state index in [1.165, 1.54) is 24.1 Å². The second kappa shape index (κ2) is 5.98. The van der Waals surface area contributed by atoms with Crippen molar-refractivity contribution in [2.45, 2.75) is 44.1 Å². The molecule has 4 rings (SSSR count). The molecule has 2 aromatic rings. The molecular weight excluding hydrogens is 318 g/mol. The van der Waals surface area contributed by atoms with E-state index in [0.29, 0.717) is 25.9 Å². The zero-order chi connectivity index (χ0) is 17.6. The molecule has 7 heteroatoms. The van der Waals surface area contributed by atoms with Crippen LogP contribution in [0.3, 0.4) is 0 Å². The first kappa shape index (κ1) is 16.3. The molecule has 2 aromatic heterocycles. The van der Waals surface area contributed by atoms with Gasteiger partial charge in [-0.1, -0.05) is 0 Å². The normalized spacial score (nSPS) is 20.0. The van der Waals surface area contributed by atoms with Gasteiger partial charge in [0.2, 0.25) is 0 Å². The van der Waals surface area contributed by atoms with Gasteiger partial charge in [0.05, 0.1) is 5.39 Å². The molecule has 1 aliphatic heterocycles. The molecule has 0 radical (unpaired) electrons. The summed E-state index contributed by atoms with van der Waals surface area (Å²) in [6.45, 7) is 1.38. The zero-order valence-corrected chi connectivity index (χ0v) is 14.9. The van der Waals surface area contributed by atoms with Crippen LogP contribution in [0, 0.1) is 0 Å². The number of hydrogen-bond donors (Lipinski definition) is 2. The highest BCUT2D eigenvalue weighted by atomic mass is 16.4. The van der Waals surface area contributed by atoms with Crippen LogP contribution >= 0.6 is 0 Å². The molecular formula is C18H25N5O2. The van der Waals surface area contributed by atoms with Gasteiger partial charge in [0.1, 0.15) is 23.3 Å². The Hall–Kier alpha value is -2.15. The molecule has 134 valence electrons. The van der Waals surface area contributed by atoms with Crippen molar-refractivity contribution >= 4 is 22.8 Å². The van der Waals surface area contributed by atoms with Gasteiger partial charge in [-0.15, -0.1) is 0 Å². The van der Waals surface area contributed by atoms with Crippen molar-refractivity contribution in [2.75, 3.05) is 32.1 Å². The van der Waals surface area contributed by atoms with E-state index in [4.69, 9.17) is 0 Å². The third-order valence-corrected chi connectivity index (χ3v) is 6.01. The molecule has 0 saturated carbocycles. The van der Waals surface area contributed by atoms with Crippen LogP contribution in [0.4, 0.5) is 5.82 Å². The van der Waals surface area contributed by atoms with Crippen molar-refractivity contribution in [3.63, 3.8) is 0 Å². The Morgan fingerprint density at radius 1 is 1.24 bits per heavy atom. The molecule has 0 amide bonds. The van der Waals surface area contributed by atoms with Crippen LogP contribution in [0.15, 0.2) is 6.33 Å². The highest BCUT2D eigenvalue weighted by Gasteiger charge is 2.44. The topological polar surface area (TPSA) is 85.3 Å². The summed E-state index contributed by atoms with van der Waals surface area (Å²) in [5.74, 6) is 0.228. The van der Waals surface area contributed by atoms with Gasteiger partial charge in [0.25, 0.3) is 0 Å². The zero-order valence-electron chi connectivity index (χ0n) is 14.9. The lowest BCUT2D eigenvalue weighted by Crippen LogP contribution is -2.57. The molecule has 0 aromatic carbocycles. The highest BCUT2D eigenvalue weighted by Crippen LogP contribution is 2.36. The maximum atomic E-state index is 11.8. The summed E-state index contributed by atoms with van der Waals surface area (Å²) in [6, 6.07) is 0. The van der Waals surface area contributed by atoms with Crippen LogP contribution in [0.5, 0.6) is 0 Å². The van der Waals surface area contributed by atoms with Gasteiger partial charge >= 0.3 is 5.97 Å². The Morgan fingerprint density at radius 3 is 2.64 bits per heavy atom. The van der Waals surface area contributed by atoms with Crippen molar-refractivity contribution in [3.8, 4) is 0 Å².